The number of nitrogens with one attached hydrogen (secondary N) is 3. The van der Waals surface area contributed by atoms with Gasteiger partial charge in [0.15, 0.2) is 0 Å². The maximum atomic E-state index is 13.0. The predicted octanol–water partition coefficient (Wildman–Crippen LogP) is 16.7. The van der Waals surface area contributed by atoms with Crippen LogP contribution in [-0.2, 0) is 904 Å². The van der Waals surface area contributed by atoms with E-state index in [1.54, 1.807) is 106 Å². The molecular weight excluding hydrogens is 3510 g/mol. The summed E-state index contributed by atoms with van der Waals surface area (Å²) >= 11 is 0. The molecule has 3 N–H and O–H groups in total. The van der Waals surface area contributed by atoms with Gasteiger partial charge in [-0.05, 0) is 77.3 Å². The Balaban J connectivity index is -0.0000000282. The molecule has 0 aliphatic rings. The van der Waals surface area contributed by atoms with Gasteiger partial charge in [-0.2, -0.15) is 0 Å². The number of alkyl carbamates (subject to hydrolysis) is 1. The molecule has 0 aliphatic carbocycles. The SMILES string of the molecule is CP(=O)(CNC(=O)C(=O)c1ccccc1)Cc1ccc(-n2ccnc2)cc1.CP(=O)(CNC(=O)C(=O)c1ccccc1)Cc1cccc2ccccc12.CP(=O)(CNC(=O)OCc1ccccc1)Cc1ccc(-n2ccnc2)cc1.[CH3-].[CH3-].[CH3-].[CH3-].[CH3-].[CH3-].[CH3-].[CH3-].[CH3-].[CH3-].[CH3-].[Y].[Y].[Y].[Y].[Y].[Y].[Y].[Y].[Y].[Y].[Y].[Y].[Y].[Y].[Y].[Y].[Y].[Y].[Y].[Y].[Y].[Y].[Y].[Y].[Y].[Y]. The number of carbonyl (C=O) groups excluding carboxylic acids is 5. The Morgan fingerprint density at radius 3 is 0.923 bits per heavy atom. The van der Waals surface area contributed by atoms with Gasteiger partial charge in [0.25, 0.3) is 11.8 Å². The number of amides is 3. The Morgan fingerprint density at radius 2 is 0.607 bits per heavy atom. The number of fused-ring (bicyclic) bond motifs is 1. The van der Waals surface area contributed by atoms with Crippen LogP contribution in [0.4, 0.5) is 4.79 Å². The fourth-order valence-corrected chi connectivity index (χ4v) is 12.9. The molecule has 576 valence electrons. The van der Waals surface area contributed by atoms with Crippen molar-refractivity contribution in [3.05, 3.63) is 335 Å². The molecule has 0 bridgehead atoms. The first-order chi connectivity index (χ1) is 38.4. The molecule has 0 saturated heterocycles. The van der Waals surface area contributed by atoms with Crippen molar-refractivity contribution >= 4 is 61.7 Å². The average molecular weight is 3610 g/mol. The van der Waals surface area contributed by atoms with Crippen molar-refractivity contribution in [2.24, 2.45) is 0 Å². The number of Topliss-reactive ketones (excluding diaryl/α,β-unsaturated/α-hetero) is 2. The van der Waals surface area contributed by atoms with Gasteiger partial charge in [0.05, 0.1) is 31.5 Å². The normalized spacial score (nSPS) is 8.88. The molecule has 117 heavy (non-hydrogen) atoms. The molecule has 7 aromatic carbocycles. The van der Waals surface area contributed by atoms with Crippen molar-refractivity contribution in [1.29, 1.82) is 0 Å². The molecule has 26 radical (unpaired) electrons. The smallest absolute Gasteiger partial charge is 0.407 e. The molecule has 2 aromatic heterocycles. The molecule has 3 unspecified atom stereocenters. The molecule has 9 aromatic rings. The van der Waals surface area contributed by atoms with Crippen LogP contribution in [0, 0.1) is 81.7 Å². The standard InChI is InChI=1S/C21H20NO3P.C20H22N3O3P.C20H20N3O3P.11CH3.26Y/c1-26(25,14-18-12-7-11-16-8-5-6-13-19(16)18)15-22-21(24)20(23)17-9-3-2-4-10-17;1-27(25,16-22-20(24)26-13-17-5-3-2-4-6-17)14-18-7-9-19(10-8-18)23-12-11-21-15-23;1-27(26,15-22-20(25)19(24)17-5-3-2-4-6-17)13-16-7-9-18(10-8-16)23-12-11-21-14-23;;;;;;;;;;;;;;;;;;;;;;;;;;;;;;;;;;;;;/h2-13H,14-15H2,1H3,(H,22,24);2-12,15H,13-14,16H2,1H3,(H,22,24);2-12,14H,13,15H2,1H3,(H,22,25);11*1H3;;;;;;;;;;;;;;;;;;;;;;;;;;/q;;;11*-1;;;;;;;;;;;;;;;;;;;;;;;;;;. The van der Waals surface area contributed by atoms with Crippen molar-refractivity contribution in [1.82, 2.24) is 35.1 Å². The van der Waals surface area contributed by atoms with Gasteiger partial charge < -0.3 is 125 Å². The van der Waals surface area contributed by atoms with E-state index in [0.717, 1.165) is 44.4 Å². The van der Waals surface area contributed by atoms with E-state index < -0.39 is 50.9 Å². The summed E-state index contributed by atoms with van der Waals surface area (Å²) in [6.07, 6.45) is 11.2. The zero-order chi connectivity index (χ0) is 57.0. The molecule has 0 spiro atoms. The van der Waals surface area contributed by atoms with Crippen LogP contribution >= 0.6 is 21.4 Å². The number of nitrogens with zero attached hydrogens (tertiary/aromatic N) is 4. The van der Waals surface area contributed by atoms with Crippen LogP contribution in [-0.4, -0.2) is 87.4 Å². The van der Waals surface area contributed by atoms with Crippen LogP contribution in [0.2, 0.25) is 0 Å². The topological polar surface area (TPSA) is 218 Å². The van der Waals surface area contributed by atoms with E-state index in [1.165, 1.54) is 0 Å². The third kappa shape index (κ3) is 94.4. The van der Waals surface area contributed by atoms with Crippen molar-refractivity contribution in [2.75, 3.05) is 38.9 Å². The summed E-state index contributed by atoms with van der Waals surface area (Å²) in [5.74, 6) is -2.70. The molecule has 45 heteroatoms. The molecule has 3 atom stereocenters. The van der Waals surface area contributed by atoms with Gasteiger partial charge in [0.1, 0.15) is 28.0 Å². The van der Waals surface area contributed by atoms with Crippen molar-refractivity contribution < 1.29 is 893 Å². The molecular formula is C72H95N7O9P3Y26-11. The van der Waals surface area contributed by atoms with Gasteiger partial charge in [-0.15, -0.1) is 0 Å². The van der Waals surface area contributed by atoms with Gasteiger partial charge in [-0.25, -0.2) is 14.8 Å². The van der Waals surface area contributed by atoms with Crippen molar-refractivity contribution in [2.45, 2.75) is 25.1 Å². The molecule has 3 amide bonds. The number of ketones is 2. The summed E-state index contributed by atoms with van der Waals surface area (Å²) in [5, 5.41) is 9.81. The number of carbonyl (C=O) groups is 5. The Morgan fingerprint density at radius 1 is 0.325 bits per heavy atom. The largest absolute Gasteiger partial charge is 0.445 e. The van der Waals surface area contributed by atoms with Gasteiger partial charge >= 0.3 is 6.09 Å². The summed E-state index contributed by atoms with van der Waals surface area (Å²) in [6, 6.07) is 55.4. The first-order valence-corrected chi connectivity index (χ1v) is 33.0. The van der Waals surface area contributed by atoms with E-state index in [-0.39, 0.29) is 958 Å². The van der Waals surface area contributed by atoms with Gasteiger partial charge in [0, 0.05) is 916 Å². The quantitative estimate of drug-likeness (QED) is 0.0282. The Labute approximate surface area is 1360 Å². The van der Waals surface area contributed by atoms with E-state index in [2.05, 4.69) is 25.9 Å². The summed E-state index contributed by atoms with van der Waals surface area (Å²) in [6.45, 7) is 5.16. The average Bonchev–Trinajstić information content (AvgIpc) is 1.18. The molecule has 2 heterocycles. The number of ether oxygens (including phenoxy) is 1. The predicted molar refractivity (Wildman–Crippen MR) is 386 cm³/mol. The minimum atomic E-state index is -2.69. The van der Waals surface area contributed by atoms with Crippen LogP contribution in [0.5, 0.6) is 0 Å². The number of aromatic nitrogens is 4. The third-order valence-corrected chi connectivity index (χ3v) is 17.9. The van der Waals surface area contributed by atoms with Crippen LogP contribution in [0.3, 0.4) is 0 Å². The maximum absolute atomic E-state index is 13.0. The van der Waals surface area contributed by atoms with Crippen LogP contribution in [0.25, 0.3) is 22.1 Å². The van der Waals surface area contributed by atoms with E-state index in [4.69, 9.17) is 4.74 Å². The first kappa shape index (κ1) is 226. The summed E-state index contributed by atoms with van der Waals surface area (Å²) in [5.41, 5.74) is 6.36. The van der Waals surface area contributed by atoms with E-state index in [9.17, 15) is 37.7 Å². The first-order valence-electron chi connectivity index (χ1n) is 25.4. The number of hydrogen-bond donors (Lipinski definition) is 3. The van der Waals surface area contributed by atoms with E-state index in [0.29, 0.717) is 29.6 Å². The molecule has 0 saturated carbocycles. The Bertz CT molecular complexity index is 3730. The number of benzene rings is 7. The number of rotatable bonds is 20. The Hall–Kier alpha value is 20.2. The molecule has 9 rings (SSSR count). The van der Waals surface area contributed by atoms with E-state index >= 15 is 0 Å². The van der Waals surface area contributed by atoms with Crippen molar-refractivity contribution in [3.8, 4) is 11.4 Å². The third-order valence-electron chi connectivity index (χ3n) is 12.3. The fourth-order valence-electron chi connectivity index (χ4n) is 8.19. The summed E-state index contributed by atoms with van der Waals surface area (Å²) in [4.78, 5) is 68.1. The Kier molecular flexibility index (Phi) is 251. The zero-order valence-electron chi connectivity index (χ0n) is 70.6. The molecule has 0 aliphatic heterocycles. The van der Waals surface area contributed by atoms with Crippen molar-refractivity contribution in [3.63, 3.8) is 0 Å². The van der Waals surface area contributed by atoms with E-state index in [1.807, 2.05) is 143 Å². The fraction of sp³-hybridized carbons (Fsp3) is 0.139. The summed E-state index contributed by atoms with van der Waals surface area (Å²) < 4.78 is 47.5. The second-order valence-electron chi connectivity index (χ2n) is 19.4. The zero-order valence-corrected chi connectivity index (χ0v) is 147. The van der Waals surface area contributed by atoms with Gasteiger partial charge in [-0.1, -0.05) is 158 Å². The monoisotopic (exact) mass is 3610 g/mol. The second kappa shape index (κ2) is 130. The van der Waals surface area contributed by atoms with Crippen LogP contribution in [0.15, 0.2) is 219 Å². The number of hydrogen-bond acceptors (Lipinski definition) is 11. The number of imidazole rings is 2. The summed E-state index contributed by atoms with van der Waals surface area (Å²) in [7, 11) is -7.94. The minimum Gasteiger partial charge on any atom is -0.445 e. The minimum absolute atomic E-state index is 0. The van der Waals surface area contributed by atoms with Gasteiger partial charge in [0.2, 0.25) is 11.6 Å². The van der Waals surface area contributed by atoms with Crippen LogP contribution in [0.1, 0.15) is 43.0 Å². The molecule has 0 fully saturated rings. The second-order valence-corrected chi connectivity index (χ2v) is 29.1. The molecule has 16 nitrogen and oxygen atoms in total. The maximum Gasteiger partial charge on any atom is 0.407 e. The van der Waals surface area contributed by atoms with Gasteiger partial charge in [-0.3, -0.25) is 19.2 Å². The van der Waals surface area contributed by atoms with Crippen LogP contribution < -0.4 is 16.0 Å².